The largest absolute Gasteiger partial charge is 0.356 e. The van der Waals surface area contributed by atoms with Gasteiger partial charge in [-0.1, -0.05) is 28.9 Å². The predicted octanol–water partition coefficient (Wildman–Crippen LogP) is 3.72. The summed E-state index contributed by atoms with van der Waals surface area (Å²) in [6.07, 6.45) is 1.46. The molecule has 0 aliphatic heterocycles. The van der Waals surface area contributed by atoms with Crippen molar-refractivity contribution < 1.29 is 4.52 Å². The maximum atomic E-state index is 6.00. The Balaban J connectivity index is 0.00000280. The van der Waals surface area contributed by atoms with Crippen molar-refractivity contribution in [1.29, 1.82) is 0 Å². The third-order valence-electron chi connectivity index (χ3n) is 3.75. The summed E-state index contributed by atoms with van der Waals surface area (Å²) in [5.41, 5.74) is 1.93. The van der Waals surface area contributed by atoms with Crippen molar-refractivity contribution in [1.82, 2.24) is 25.8 Å². The van der Waals surface area contributed by atoms with Gasteiger partial charge in [0, 0.05) is 48.9 Å². The van der Waals surface area contributed by atoms with E-state index in [-0.39, 0.29) is 24.0 Å². The molecule has 0 bridgehead atoms. The Morgan fingerprint density at radius 1 is 1.21 bits per heavy atom. The highest BCUT2D eigenvalue weighted by Crippen LogP contribution is 2.19. The fourth-order valence-corrected chi connectivity index (χ4v) is 3.28. The van der Waals surface area contributed by atoms with Crippen LogP contribution in [0.25, 0.3) is 11.4 Å². The van der Waals surface area contributed by atoms with Gasteiger partial charge in [0.05, 0.1) is 10.7 Å². The van der Waals surface area contributed by atoms with Gasteiger partial charge >= 0.3 is 0 Å². The molecule has 3 aromatic rings. The third kappa shape index (κ3) is 6.71. The van der Waals surface area contributed by atoms with Crippen molar-refractivity contribution in [3.8, 4) is 11.4 Å². The fourth-order valence-electron chi connectivity index (χ4n) is 2.44. The quantitative estimate of drug-likeness (QED) is 0.274. The van der Waals surface area contributed by atoms with Gasteiger partial charge in [-0.2, -0.15) is 4.98 Å². The Labute approximate surface area is 190 Å². The number of guanidine groups is 1. The Kier molecular flexibility index (Phi) is 9.13. The summed E-state index contributed by atoms with van der Waals surface area (Å²) in [6, 6.07) is 7.38. The average molecular weight is 533 g/mol. The van der Waals surface area contributed by atoms with Crippen LogP contribution in [0, 0.1) is 6.92 Å². The number of rotatable bonds is 7. The first-order valence-corrected chi connectivity index (χ1v) is 9.84. The van der Waals surface area contributed by atoms with Crippen LogP contribution in [0.5, 0.6) is 0 Å². The topological polar surface area (TPSA) is 88.2 Å². The van der Waals surface area contributed by atoms with Gasteiger partial charge in [-0.3, -0.25) is 4.99 Å². The van der Waals surface area contributed by atoms with Gasteiger partial charge in [-0.15, -0.1) is 35.3 Å². The average Bonchev–Trinajstić information content (AvgIpc) is 3.29. The van der Waals surface area contributed by atoms with Crippen LogP contribution < -0.4 is 10.6 Å². The summed E-state index contributed by atoms with van der Waals surface area (Å²) in [5.74, 6) is 1.83. The molecule has 0 unspecified atom stereocenters. The van der Waals surface area contributed by atoms with Crippen LogP contribution in [-0.2, 0) is 12.8 Å². The molecule has 0 radical (unpaired) electrons. The van der Waals surface area contributed by atoms with Gasteiger partial charge in [-0.05, 0) is 19.1 Å². The van der Waals surface area contributed by atoms with Crippen LogP contribution in [0.4, 0.5) is 0 Å². The number of nitrogens with zero attached hydrogens (tertiary/aromatic N) is 4. The molecule has 0 saturated heterocycles. The summed E-state index contributed by atoms with van der Waals surface area (Å²) in [4.78, 5) is 13.1. The Bertz CT molecular complexity index is 913. The summed E-state index contributed by atoms with van der Waals surface area (Å²) < 4.78 is 5.30. The molecule has 0 spiro atoms. The molecule has 3 rings (SSSR count). The molecule has 0 aliphatic rings. The van der Waals surface area contributed by atoms with Crippen molar-refractivity contribution in [2.24, 2.45) is 4.99 Å². The van der Waals surface area contributed by atoms with Crippen molar-refractivity contribution in [3.05, 3.63) is 51.3 Å². The molecule has 7 nitrogen and oxygen atoms in total. The number of aliphatic imine (C=N–C) groups is 1. The zero-order valence-corrected chi connectivity index (χ0v) is 19.5. The first-order chi connectivity index (χ1) is 13.1. The number of hydrogen-bond donors (Lipinski definition) is 2. The number of benzene rings is 1. The van der Waals surface area contributed by atoms with E-state index in [9.17, 15) is 0 Å². The lowest BCUT2D eigenvalue weighted by atomic mass is 10.2. The van der Waals surface area contributed by atoms with Gasteiger partial charge in [-0.25, -0.2) is 4.98 Å². The van der Waals surface area contributed by atoms with Gasteiger partial charge in [0.25, 0.3) is 0 Å². The number of aromatic nitrogens is 3. The molecule has 150 valence electrons. The van der Waals surface area contributed by atoms with E-state index in [1.807, 2.05) is 31.2 Å². The van der Waals surface area contributed by atoms with E-state index in [2.05, 4.69) is 36.1 Å². The molecular formula is C18H22ClIN6OS. The molecular weight excluding hydrogens is 511 g/mol. The Morgan fingerprint density at radius 3 is 2.68 bits per heavy atom. The highest BCUT2D eigenvalue weighted by atomic mass is 127. The van der Waals surface area contributed by atoms with E-state index in [0.29, 0.717) is 29.7 Å². The molecule has 0 atom stereocenters. The predicted molar refractivity (Wildman–Crippen MR) is 124 cm³/mol. The lowest BCUT2D eigenvalue weighted by Gasteiger charge is -2.10. The minimum Gasteiger partial charge on any atom is -0.356 e. The minimum atomic E-state index is 0. The van der Waals surface area contributed by atoms with E-state index in [1.54, 1.807) is 18.4 Å². The van der Waals surface area contributed by atoms with Crippen LogP contribution in [0.15, 0.2) is 39.2 Å². The summed E-state index contributed by atoms with van der Waals surface area (Å²) in [7, 11) is 1.74. The molecule has 0 aliphatic carbocycles. The summed E-state index contributed by atoms with van der Waals surface area (Å²) >= 11 is 7.66. The van der Waals surface area contributed by atoms with Gasteiger partial charge in [0.1, 0.15) is 0 Å². The van der Waals surface area contributed by atoms with Crippen LogP contribution in [0.3, 0.4) is 0 Å². The lowest BCUT2D eigenvalue weighted by molar-refractivity contribution is 0.378. The maximum Gasteiger partial charge on any atom is 0.228 e. The van der Waals surface area contributed by atoms with Crippen molar-refractivity contribution in [2.45, 2.75) is 19.8 Å². The van der Waals surface area contributed by atoms with Gasteiger partial charge < -0.3 is 15.2 Å². The van der Waals surface area contributed by atoms with Crippen molar-refractivity contribution in [2.75, 3.05) is 20.1 Å². The van der Waals surface area contributed by atoms with E-state index in [1.165, 1.54) is 0 Å². The van der Waals surface area contributed by atoms with E-state index >= 15 is 0 Å². The van der Waals surface area contributed by atoms with Crippen LogP contribution >= 0.6 is 46.9 Å². The van der Waals surface area contributed by atoms with Gasteiger partial charge in [0.2, 0.25) is 11.7 Å². The normalized spacial score (nSPS) is 11.2. The molecule has 2 aromatic heterocycles. The molecule has 2 N–H and O–H groups in total. The lowest BCUT2D eigenvalue weighted by Crippen LogP contribution is -2.39. The number of aryl methyl sites for hydroxylation is 1. The molecule has 28 heavy (non-hydrogen) atoms. The first-order valence-electron chi connectivity index (χ1n) is 8.58. The summed E-state index contributed by atoms with van der Waals surface area (Å²) in [6.45, 7) is 3.41. The molecule has 0 fully saturated rings. The summed E-state index contributed by atoms with van der Waals surface area (Å²) in [5, 5.41) is 14.3. The molecule has 0 amide bonds. The highest BCUT2D eigenvalue weighted by Gasteiger charge is 2.09. The standard InChI is InChI=1S/C18H21ClN6OS.HI/c1-12-23-15(11-27-12)6-8-21-18(20-2)22-9-7-16-24-17(25-26-16)13-4-3-5-14(19)10-13;/h3-5,10-11H,6-9H2,1-2H3,(H2,20,21,22);1H. The minimum absolute atomic E-state index is 0. The first kappa shape index (κ1) is 22.6. The van der Waals surface area contributed by atoms with Crippen molar-refractivity contribution in [3.63, 3.8) is 0 Å². The number of hydrogen-bond acceptors (Lipinski definition) is 6. The SMILES string of the molecule is CN=C(NCCc1csc(C)n1)NCCc1nc(-c2cccc(Cl)c2)no1.I. The van der Waals surface area contributed by atoms with E-state index in [0.717, 1.165) is 35.2 Å². The molecule has 1 aromatic carbocycles. The highest BCUT2D eigenvalue weighted by molar-refractivity contribution is 14.0. The molecule has 10 heteroatoms. The Hall–Kier alpha value is -1.72. The van der Waals surface area contributed by atoms with E-state index < -0.39 is 0 Å². The number of halogens is 2. The zero-order chi connectivity index (χ0) is 19.1. The maximum absolute atomic E-state index is 6.00. The van der Waals surface area contributed by atoms with Crippen LogP contribution in [-0.4, -0.2) is 41.2 Å². The van der Waals surface area contributed by atoms with Crippen LogP contribution in [0.2, 0.25) is 5.02 Å². The second-order valence-corrected chi connectivity index (χ2v) is 7.30. The van der Waals surface area contributed by atoms with E-state index in [4.69, 9.17) is 16.1 Å². The number of nitrogens with one attached hydrogen (secondary N) is 2. The molecule has 0 saturated carbocycles. The molecule has 2 heterocycles. The second kappa shape index (κ2) is 11.3. The smallest absolute Gasteiger partial charge is 0.228 e. The zero-order valence-electron chi connectivity index (χ0n) is 15.6. The van der Waals surface area contributed by atoms with Crippen molar-refractivity contribution >= 4 is 52.9 Å². The second-order valence-electron chi connectivity index (χ2n) is 5.81. The van der Waals surface area contributed by atoms with Gasteiger partial charge in [0.15, 0.2) is 5.96 Å². The van der Waals surface area contributed by atoms with Crippen LogP contribution in [0.1, 0.15) is 16.6 Å². The number of thiazole rings is 1. The third-order valence-corrected chi connectivity index (χ3v) is 4.80. The fraction of sp³-hybridized carbons (Fsp3) is 0.333. The monoisotopic (exact) mass is 532 g/mol. The Morgan fingerprint density at radius 2 is 2.00 bits per heavy atom.